The lowest BCUT2D eigenvalue weighted by Crippen LogP contribution is -2.29. The number of likely N-dealkylation sites (tertiary alicyclic amines) is 1. The Hall–Kier alpha value is -4.06. The molecule has 6 heteroatoms. The summed E-state index contributed by atoms with van der Waals surface area (Å²) in [6.07, 6.45) is 0.861. The molecule has 180 valence electrons. The molecule has 4 rings (SSSR count). The molecule has 1 aliphatic heterocycles. The van der Waals surface area contributed by atoms with Gasteiger partial charge in [0.25, 0.3) is 11.7 Å². The molecule has 0 saturated carbocycles. The van der Waals surface area contributed by atoms with Gasteiger partial charge in [-0.15, -0.1) is 0 Å². The molecule has 3 aromatic carbocycles. The minimum Gasteiger partial charge on any atom is -0.507 e. The van der Waals surface area contributed by atoms with E-state index in [9.17, 15) is 14.7 Å². The van der Waals surface area contributed by atoms with Crippen molar-refractivity contribution in [3.8, 4) is 11.5 Å². The predicted octanol–water partition coefficient (Wildman–Crippen LogP) is 5.28. The maximum Gasteiger partial charge on any atom is 0.295 e. The minimum absolute atomic E-state index is 0.0805. The normalized spacial score (nSPS) is 17.0. The average Bonchev–Trinajstić information content (AvgIpc) is 3.14. The highest BCUT2D eigenvalue weighted by Crippen LogP contribution is 2.40. The van der Waals surface area contributed by atoms with Gasteiger partial charge in [0, 0.05) is 12.1 Å². The van der Waals surface area contributed by atoms with Crippen LogP contribution in [0.25, 0.3) is 5.76 Å². The molecule has 0 aromatic heterocycles. The highest BCUT2D eigenvalue weighted by molar-refractivity contribution is 6.46. The van der Waals surface area contributed by atoms with E-state index in [2.05, 4.69) is 0 Å². The van der Waals surface area contributed by atoms with Crippen LogP contribution in [0.3, 0.4) is 0 Å². The van der Waals surface area contributed by atoms with Crippen molar-refractivity contribution in [2.24, 2.45) is 0 Å². The number of ether oxygens (including phenoxy) is 2. The lowest BCUT2D eigenvalue weighted by molar-refractivity contribution is -0.140. The Kier molecular flexibility index (Phi) is 7.20. The molecular weight excluding hydrogens is 442 g/mol. The van der Waals surface area contributed by atoms with E-state index in [0.29, 0.717) is 29.2 Å². The van der Waals surface area contributed by atoms with E-state index < -0.39 is 17.7 Å². The first kappa shape index (κ1) is 24.1. The third-order valence-electron chi connectivity index (χ3n) is 6.19. The number of methoxy groups -OCH3 is 1. The van der Waals surface area contributed by atoms with Crippen molar-refractivity contribution in [3.63, 3.8) is 0 Å². The third-order valence-corrected chi connectivity index (χ3v) is 6.19. The molecule has 1 amide bonds. The van der Waals surface area contributed by atoms with Gasteiger partial charge in [-0.3, -0.25) is 9.59 Å². The van der Waals surface area contributed by atoms with E-state index in [-0.39, 0.29) is 17.9 Å². The van der Waals surface area contributed by atoms with Crippen LogP contribution in [-0.2, 0) is 22.6 Å². The molecule has 6 nitrogen and oxygen atoms in total. The number of Topliss-reactive ketones (excluding diaryl/α,β-unsaturated/α-hetero) is 1. The summed E-state index contributed by atoms with van der Waals surface area (Å²) < 4.78 is 10.8. The largest absolute Gasteiger partial charge is 0.507 e. The maximum absolute atomic E-state index is 13.2. The number of aliphatic hydroxyl groups is 1. The van der Waals surface area contributed by atoms with Gasteiger partial charge in [0.1, 0.15) is 17.3 Å². The second-order valence-corrected chi connectivity index (χ2v) is 8.33. The fourth-order valence-corrected chi connectivity index (χ4v) is 4.28. The van der Waals surface area contributed by atoms with Crippen LogP contribution in [0, 0.1) is 0 Å². The van der Waals surface area contributed by atoms with Crippen LogP contribution in [-0.4, -0.2) is 35.4 Å². The molecule has 1 N–H and O–H groups in total. The first-order valence-electron chi connectivity index (χ1n) is 11.7. The van der Waals surface area contributed by atoms with E-state index in [4.69, 9.17) is 9.47 Å². The topological polar surface area (TPSA) is 76.1 Å². The zero-order valence-electron chi connectivity index (χ0n) is 20.2. The fraction of sp³-hybridized carbons (Fsp3) is 0.241. The number of carbonyl (C=O) groups is 2. The smallest absolute Gasteiger partial charge is 0.295 e. The number of nitrogens with zero attached hydrogens (tertiary/aromatic N) is 1. The quantitative estimate of drug-likeness (QED) is 0.275. The molecule has 0 radical (unpaired) electrons. The number of rotatable bonds is 8. The van der Waals surface area contributed by atoms with Crippen LogP contribution in [0.15, 0.2) is 78.4 Å². The highest BCUT2D eigenvalue weighted by atomic mass is 16.5. The number of hydrogen-bond acceptors (Lipinski definition) is 5. The van der Waals surface area contributed by atoms with Crippen molar-refractivity contribution in [3.05, 3.63) is 101 Å². The van der Waals surface area contributed by atoms with Crippen molar-refractivity contribution in [2.45, 2.75) is 32.9 Å². The predicted molar refractivity (Wildman–Crippen MR) is 134 cm³/mol. The molecule has 1 saturated heterocycles. The summed E-state index contributed by atoms with van der Waals surface area (Å²) in [7, 11) is 1.59. The lowest BCUT2D eigenvalue weighted by Gasteiger charge is -2.25. The van der Waals surface area contributed by atoms with E-state index in [1.54, 1.807) is 19.2 Å². The lowest BCUT2D eigenvalue weighted by atomic mass is 9.94. The summed E-state index contributed by atoms with van der Waals surface area (Å²) in [6.45, 7) is 4.69. The zero-order valence-corrected chi connectivity index (χ0v) is 20.2. The molecule has 1 unspecified atom stereocenters. The molecule has 1 fully saturated rings. The minimum atomic E-state index is -0.737. The third kappa shape index (κ3) is 4.92. The highest BCUT2D eigenvalue weighted by Gasteiger charge is 2.46. The van der Waals surface area contributed by atoms with Crippen molar-refractivity contribution in [1.82, 2.24) is 4.90 Å². The van der Waals surface area contributed by atoms with Crippen LogP contribution in [0.5, 0.6) is 11.5 Å². The van der Waals surface area contributed by atoms with Gasteiger partial charge in [-0.25, -0.2) is 0 Å². The Morgan fingerprint density at radius 3 is 2.03 bits per heavy atom. The zero-order chi connectivity index (χ0) is 24.9. The molecule has 3 aromatic rings. The van der Waals surface area contributed by atoms with Crippen molar-refractivity contribution >= 4 is 17.4 Å². The second kappa shape index (κ2) is 10.5. The van der Waals surface area contributed by atoms with Gasteiger partial charge < -0.3 is 19.5 Å². The number of ketones is 1. The Balaban J connectivity index is 1.79. The van der Waals surface area contributed by atoms with E-state index in [1.165, 1.54) is 4.90 Å². The Bertz CT molecular complexity index is 1230. The summed E-state index contributed by atoms with van der Waals surface area (Å²) in [5.74, 6) is -0.129. The second-order valence-electron chi connectivity index (χ2n) is 8.33. The monoisotopic (exact) mass is 471 g/mol. The number of aliphatic hydroxyl groups excluding tert-OH is 1. The fourth-order valence-electron chi connectivity index (χ4n) is 4.28. The van der Waals surface area contributed by atoms with Crippen molar-refractivity contribution < 1.29 is 24.2 Å². The number of benzene rings is 3. The molecular formula is C29H29NO5. The van der Waals surface area contributed by atoms with Crippen LogP contribution in [0.4, 0.5) is 0 Å². The van der Waals surface area contributed by atoms with Gasteiger partial charge in [0.2, 0.25) is 0 Å². The maximum atomic E-state index is 13.2. The van der Waals surface area contributed by atoms with Crippen LogP contribution in [0.2, 0.25) is 0 Å². The number of amides is 1. The number of carbonyl (C=O) groups excluding carboxylic acids is 2. The summed E-state index contributed by atoms with van der Waals surface area (Å²) in [5, 5.41) is 11.2. The average molecular weight is 472 g/mol. The first-order valence-corrected chi connectivity index (χ1v) is 11.7. The molecule has 0 aliphatic carbocycles. The SMILES string of the molecule is CCOc1ccc(C2/C(=C(/O)c3ccc(CC)cc3)C(=O)C(=O)N2Cc2ccc(OC)cc2)cc1. The molecule has 1 atom stereocenters. The van der Waals surface area contributed by atoms with Crippen molar-refractivity contribution in [2.75, 3.05) is 13.7 Å². The van der Waals surface area contributed by atoms with Gasteiger partial charge in [-0.1, -0.05) is 55.5 Å². The molecule has 0 bridgehead atoms. The standard InChI is InChI=1S/C29H29NO5/c1-4-19-6-10-22(11-7-19)27(31)25-26(21-12-16-24(17-13-21)35-5-2)30(29(33)28(25)32)18-20-8-14-23(34-3)15-9-20/h6-17,26,31H,4-5,18H2,1-3H3/b27-25-. The van der Waals surface area contributed by atoms with Crippen molar-refractivity contribution in [1.29, 1.82) is 0 Å². The van der Waals surface area contributed by atoms with Gasteiger partial charge in [0.15, 0.2) is 0 Å². The van der Waals surface area contributed by atoms with Crippen LogP contribution >= 0.6 is 0 Å². The van der Waals surface area contributed by atoms with Gasteiger partial charge in [0.05, 0.1) is 25.3 Å². The summed E-state index contributed by atoms with van der Waals surface area (Å²) >= 11 is 0. The van der Waals surface area contributed by atoms with E-state index in [0.717, 1.165) is 17.5 Å². The Labute approximate surface area is 205 Å². The van der Waals surface area contributed by atoms with Gasteiger partial charge >= 0.3 is 0 Å². The molecule has 35 heavy (non-hydrogen) atoms. The Morgan fingerprint density at radius 2 is 1.46 bits per heavy atom. The van der Waals surface area contributed by atoms with Gasteiger partial charge in [-0.05, 0) is 54.3 Å². The summed E-state index contributed by atoms with van der Waals surface area (Å²) in [5.41, 5.74) is 3.26. The van der Waals surface area contributed by atoms with Gasteiger partial charge in [-0.2, -0.15) is 0 Å². The summed E-state index contributed by atoms with van der Waals surface area (Å²) in [6, 6.07) is 21.3. The number of aryl methyl sites for hydroxylation is 1. The number of hydrogen-bond donors (Lipinski definition) is 1. The van der Waals surface area contributed by atoms with E-state index in [1.807, 2.05) is 74.5 Å². The molecule has 1 heterocycles. The summed E-state index contributed by atoms with van der Waals surface area (Å²) in [4.78, 5) is 28.0. The Morgan fingerprint density at radius 1 is 0.857 bits per heavy atom. The first-order chi connectivity index (χ1) is 17.0. The van der Waals surface area contributed by atoms with Crippen LogP contribution < -0.4 is 9.47 Å². The molecule has 0 spiro atoms. The van der Waals surface area contributed by atoms with E-state index >= 15 is 0 Å². The van der Waals surface area contributed by atoms with Crippen LogP contribution in [0.1, 0.15) is 42.1 Å². The molecule has 1 aliphatic rings.